The van der Waals surface area contributed by atoms with Crippen LogP contribution in [0.25, 0.3) is 0 Å². The van der Waals surface area contributed by atoms with Gasteiger partial charge in [-0.2, -0.15) is 5.10 Å². The van der Waals surface area contributed by atoms with Gasteiger partial charge in [0.05, 0.1) is 11.3 Å². The lowest BCUT2D eigenvalue weighted by atomic mass is 10.0. The van der Waals surface area contributed by atoms with Crippen LogP contribution in [-0.4, -0.2) is 47.2 Å². The monoisotopic (exact) mass is 238 g/mol. The molecule has 96 valence electrons. The number of carbonyl (C=O) groups excluding carboxylic acids is 1. The summed E-state index contributed by atoms with van der Waals surface area (Å²) in [6, 6.07) is 0. The minimum absolute atomic E-state index is 0.0660. The predicted octanol–water partition coefficient (Wildman–Crippen LogP) is 1.10. The molecular formula is C12H22N4O. The Labute approximate surface area is 103 Å². The lowest BCUT2D eigenvalue weighted by Crippen LogP contribution is -2.48. The van der Waals surface area contributed by atoms with Crippen molar-refractivity contribution in [1.82, 2.24) is 20.4 Å². The third kappa shape index (κ3) is 3.06. The van der Waals surface area contributed by atoms with Gasteiger partial charge < -0.3 is 10.2 Å². The summed E-state index contributed by atoms with van der Waals surface area (Å²) >= 11 is 0. The van der Waals surface area contributed by atoms with Crippen molar-refractivity contribution in [3.05, 3.63) is 17.0 Å². The number of carbonyl (C=O) groups is 1. The van der Waals surface area contributed by atoms with E-state index in [2.05, 4.69) is 34.3 Å². The molecule has 17 heavy (non-hydrogen) atoms. The van der Waals surface area contributed by atoms with Gasteiger partial charge in [-0.05, 0) is 41.8 Å². The summed E-state index contributed by atoms with van der Waals surface area (Å²) in [5.41, 5.74) is 2.13. The second-order valence-corrected chi connectivity index (χ2v) is 5.20. The summed E-state index contributed by atoms with van der Waals surface area (Å²) in [4.78, 5) is 14.1. The van der Waals surface area contributed by atoms with Crippen LogP contribution in [0.2, 0.25) is 0 Å². The standard InChI is InChI=1S/C12H22N4O/c1-8-10(9(2)15-14-8)11(17)13-7-12(3,4)16(5)6/h7H2,1-6H3,(H,13,17)(H,14,15). The molecule has 0 spiro atoms. The minimum atomic E-state index is -0.0682. The van der Waals surface area contributed by atoms with Crippen molar-refractivity contribution in [1.29, 1.82) is 0 Å². The van der Waals surface area contributed by atoms with Gasteiger partial charge in [0.1, 0.15) is 0 Å². The Morgan fingerprint density at radius 2 is 2.00 bits per heavy atom. The van der Waals surface area contributed by atoms with Crippen LogP contribution in [0.15, 0.2) is 0 Å². The van der Waals surface area contributed by atoms with E-state index in [0.717, 1.165) is 11.4 Å². The average molecular weight is 238 g/mol. The van der Waals surface area contributed by atoms with E-state index in [1.165, 1.54) is 0 Å². The number of amides is 1. The average Bonchev–Trinajstić information content (AvgIpc) is 2.55. The van der Waals surface area contributed by atoms with E-state index < -0.39 is 0 Å². The molecule has 2 N–H and O–H groups in total. The second-order valence-electron chi connectivity index (χ2n) is 5.20. The molecule has 0 fully saturated rings. The van der Waals surface area contributed by atoms with Crippen LogP contribution >= 0.6 is 0 Å². The molecule has 5 nitrogen and oxygen atoms in total. The molecule has 1 heterocycles. The number of H-pyrrole nitrogens is 1. The molecule has 0 radical (unpaired) electrons. The zero-order chi connectivity index (χ0) is 13.2. The summed E-state index contributed by atoms with van der Waals surface area (Å²) in [6.45, 7) is 8.45. The van der Waals surface area contributed by atoms with Crippen molar-refractivity contribution in [2.45, 2.75) is 33.2 Å². The third-order valence-corrected chi connectivity index (χ3v) is 3.25. The summed E-state index contributed by atoms with van der Waals surface area (Å²) < 4.78 is 0. The van der Waals surface area contributed by atoms with Crippen LogP contribution in [0, 0.1) is 13.8 Å². The van der Waals surface area contributed by atoms with Crippen molar-refractivity contribution in [2.75, 3.05) is 20.6 Å². The molecule has 1 rings (SSSR count). The zero-order valence-corrected chi connectivity index (χ0v) is 11.5. The molecule has 0 unspecified atom stereocenters. The summed E-state index contributed by atoms with van der Waals surface area (Å²) in [5.74, 6) is -0.0660. The van der Waals surface area contributed by atoms with Gasteiger partial charge in [-0.15, -0.1) is 0 Å². The highest BCUT2D eigenvalue weighted by Gasteiger charge is 2.23. The number of rotatable bonds is 4. The maximum absolute atomic E-state index is 12.0. The van der Waals surface area contributed by atoms with E-state index in [9.17, 15) is 4.79 Å². The Morgan fingerprint density at radius 3 is 2.41 bits per heavy atom. The molecule has 0 aliphatic heterocycles. The molecule has 0 bridgehead atoms. The summed E-state index contributed by atoms with van der Waals surface area (Å²) in [5, 5.41) is 9.78. The molecule has 0 aromatic carbocycles. The van der Waals surface area contributed by atoms with Crippen molar-refractivity contribution in [2.24, 2.45) is 0 Å². The van der Waals surface area contributed by atoms with Gasteiger partial charge in [0.15, 0.2) is 0 Å². The highest BCUT2D eigenvalue weighted by atomic mass is 16.1. The number of aromatic amines is 1. The van der Waals surface area contributed by atoms with E-state index in [4.69, 9.17) is 0 Å². The fourth-order valence-corrected chi connectivity index (χ4v) is 1.43. The minimum Gasteiger partial charge on any atom is -0.350 e. The van der Waals surface area contributed by atoms with E-state index >= 15 is 0 Å². The predicted molar refractivity (Wildman–Crippen MR) is 68.2 cm³/mol. The van der Waals surface area contributed by atoms with Gasteiger partial charge in [0.25, 0.3) is 5.91 Å². The number of nitrogens with one attached hydrogen (secondary N) is 2. The van der Waals surface area contributed by atoms with Gasteiger partial charge >= 0.3 is 0 Å². The Hall–Kier alpha value is -1.36. The number of hydrogen-bond donors (Lipinski definition) is 2. The first-order valence-corrected chi connectivity index (χ1v) is 5.73. The summed E-state index contributed by atoms with van der Waals surface area (Å²) in [6.07, 6.45) is 0. The molecule has 1 aromatic heterocycles. The van der Waals surface area contributed by atoms with Crippen LogP contribution in [0.3, 0.4) is 0 Å². The molecule has 0 saturated heterocycles. The molecule has 0 aliphatic rings. The normalized spacial score (nSPS) is 11.9. The topological polar surface area (TPSA) is 61.0 Å². The first-order valence-electron chi connectivity index (χ1n) is 5.73. The van der Waals surface area contributed by atoms with Crippen molar-refractivity contribution in [3.8, 4) is 0 Å². The van der Waals surface area contributed by atoms with Crippen LogP contribution in [0.5, 0.6) is 0 Å². The Morgan fingerprint density at radius 1 is 1.41 bits per heavy atom. The molecule has 5 heteroatoms. The van der Waals surface area contributed by atoms with Crippen LogP contribution in [-0.2, 0) is 0 Å². The van der Waals surface area contributed by atoms with Gasteiger partial charge in [-0.1, -0.05) is 0 Å². The number of likely N-dealkylation sites (N-methyl/N-ethyl adjacent to an activating group) is 1. The van der Waals surface area contributed by atoms with E-state index in [1.807, 2.05) is 27.9 Å². The van der Waals surface area contributed by atoms with E-state index in [-0.39, 0.29) is 11.4 Å². The molecule has 1 aromatic rings. The van der Waals surface area contributed by atoms with Crippen molar-refractivity contribution < 1.29 is 4.79 Å². The lowest BCUT2D eigenvalue weighted by molar-refractivity contribution is 0.0918. The number of aromatic nitrogens is 2. The molecule has 0 saturated carbocycles. The fraction of sp³-hybridized carbons (Fsp3) is 0.667. The first kappa shape index (κ1) is 13.7. The zero-order valence-electron chi connectivity index (χ0n) is 11.5. The van der Waals surface area contributed by atoms with Crippen LogP contribution in [0.4, 0.5) is 0 Å². The van der Waals surface area contributed by atoms with Gasteiger partial charge in [0, 0.05) is 17.8 Å². The molecule has 0 aliphatic carbocycles. The maximum atomic E-state index is 12.0. The van der Waals surface area contributed by atoms with Gasteiger partial charge in [0.2, 0.25) is 0 Å². The lowest BCUT2D eigenvalue weighted by Gasteiger charge is -2.32. The first-order chi connectivity index (χ1) is 7.75. The quantitative estimate of drug-likeness (QED) is 0.825. The largest absolute Gasteiger partial charge is 0.350 e. The van der Waals surface area contributed by atoms with Crippen molar-refractivity contribution >= 4 is 5.91 Å². The smallest absolute Gasteiger partial charge is 0.255 e. The maximum Gasteiger partial charge on any atom is 0.255 e. The molecular weight excluding hydrogens is 216 g/mol. The number of nitrogens with zero attached hydrogens (tertiary/aromatic N) is 2. The summed E-state index contributed by atoms with van der Waals surface area (Å²) in [7, 11) is 4.00. The van der Waals surface area contributed by atoms with Crippen LogP contribution < -0.4 is 5.32 Å². The third-order valence-electron chi connectivity index (χ3n) is 3.25. The number of aryl methyl sites for hydroxylation is 2. The van der Waals surface area contributed by atoms with Crippen molar-refractivity contribution in [3.63, 3.8) is 0 Å². The number of hydrogen-bond acceptors (Lipinski definition) is 3. The second kappa shape index (κ2) is 4.87. The SMILES string of the molecule is Cc1n[nH]c(C)c1C(=O)NCC(C)(C)N(C)C. The highest BCUT2D eigenvalue weighted by molar-refractivity contribution is 5.96. The van der Waals surface area contributed by atoms with E-state index in [1.54, 1.807) is 0 Å². The van der Waals surface area contributed by atoms with Crippen LogP contribution in [0.1, 0.15) is 35.6 Å². The van der Waals surface area contributed by atoms with E-state index in [0.29, 0.717) is 12.1 Å². The highest BCUT2D eigenvalue weighted by Crippen LogP contribution is 2.11. The Kier molecular flexibility index (Phi) is 3.93. The molecule has 1 amide bonds. The Balaban J connectivity index is 2.69. The Bertz CT molecular complexity index is 387. The molecule has 0 atom stereocenters. The van der Waals surface area contributed by atoms with Gasteiger partial charge in [-0.3, -0.25) is 9.89 Å². The fourth-order valence-electron chi connectivity index (χ4n) is 1.43. The van der Waals surface area contributed by atoms with Gasteiger partial charge in [-0.25, -0.2) is 0 Å².